The van der Waals surface area contributed by atoms with Crippen molar-refractivity contribution in [3.05, 3.63) is 76.1 Å². The third-order valence-electron chi connectivity index (χ3n) is 3.19. The molecule has 3 heteroatoms. The Bertz CT molecular complexity index is 802. The number of benzene rings is 2. The lowest BCUT2D eigenvalue weighted by Crippen LogP contribution is -2.10. The van der Waals surface area contributed by atoms with E-state index < -0.39 is 0 Å². The van der Waals surface area contributed by atoms with Crippen LogP contribution in [0.5, 0.6) is 5.75 Å². The van der Waals surface area contributed by atoms with Crippen LogP contribution in [0, 0.1) is 6.92 Å². The van der Waals surface area contributed by atoms with E-state index in [1.54, 1.807) is 6.07 Å². The molecule has 0 fully saturated rings. The fourth-order valence-corrected chi connectivity index (χ4v) is 2.08. The van der Waals surface area contributed by atoms with Gasteiger partial charge in [-0.3, -0.25) is 0 Å². The van der Waals surface area contributed by atoms with Crippen molar-refractivity contribution in [2.75, 3.05) is 0 Å². The van der Waals surface area contributed by atoms with Crippen molar-refractivity contribution in [2.45, 2.75) is 13.5 Å². The first kappa shape index (κ1) is 12.5. The molecule has 20 heavy (non-hydrogen) atoms. The number of hydrogen-bond acceptors (Lipinski definition) is 3. The summed E-state index contributed by atoms with van der Waals surface area (Å²) >= 11 is 0. The van der Waals surface area contributed by atoms with E-state index in [1.165, 1.54) is 0 Å². The zero-order valence-electron chi connectivity index (χ0n) is 11.1. The van der Waals surface area contributed by atoms with Gasteiger partial charge in [0.2, 0.25) is 0 Å². The van der Waals surface area contributed by atoms with Crippen LogP contribution in [-0.2, 0) is 6.61 Å². The lowest BCUT2D eigenvalue weighted by molar-refractivity contribution is 0.298. The number of fused-ring (bicyclic) bond motifs is 1. The summed E-state index contributed by atoms with van der Waals surface area (Å²) in [6, 6.07) is 17.0. The highest BCUT2D eigenvalue weighted by Crippen LogP contribution is 2.18. The highest BCUT2D eigenvalue weighted by molar-refractivity contribution is 5.76. The van der Waals surface area contributed by atoms with Crippen molar-refractivity contribution in [2.24, 2.45) is 0 Å². The van der Waals surface area contributed by atoms with Crippen molar-refractivity contribution in [3.8, 4) is 5.75 Å². The number of para-hydroxylation sites is 2. The predicted molar refractivity (Wildman–Crippen MR) is 78.0 cm³/mol. The minimum atomic E-state index is -0.350. The van der Waals surface area contributed by atoms with Gasteiger partial charge in [0.1, 0.15) is 17.9 Å². The van der Waals surface area contributed by atoms with Crippen LogP contribution < -0.4 is 10.4 Å². The van der Waals surface area contributed by atoms with Gasteiger partial charge in [-0.25, -0.2) is 4.79 Å². The molecule has 0 bridgehead atoms. The van der Waals surface area contributed by atoms with Crippen LogP contribution in [0.25, 0.3) is 11.0 Å². The Hall–Kier alpha value is -2.55. The second-order valence-corrected chi connectivity index (χ2v) is 4.65. The van der Waals surface area contributed by atoms with E-state index >= 15 is 0 Å². The van der Waals surface area contributed by atoms with Crippen molar-refractivity contribution in [3.63, 3.8) is 0 Å². The summed E-state index contributed by atoms with van der Waals surface area (Å²) < 4.78 is 11.0. The molecule has 1 aromatic heterocycles. The lowest BCUT2D eigenvalue weighted by Gasteiger charge is -2.08. The van der Waals surface area contributed by atoms with Crippen LogP contribution in [0.1, 0.15) is 11.1 Å². The van der Waals surface area contributed by atoms with E-state index in [2.05, 4.69) is 0 Å². The predicted octanol–water partition coefficient (Wildman–Crippen LogP) is 3.68. The Balaban J connectivity index is 1.89. The Labute approximate surface area is 116 Å². The van der Waals surface area contributed by atoms with Crippen LogP contribution in [0.15, 0.2) is 63.8 Å². The monoisotopic (exact) mass is 266 g/mol. The molecule has 0 aliphatic heterocycles. The minimum Gasteiger partial charge on any atom is -0.488 e. The molecule has 1 heterocycles. The highest BCUT2D eigenvalue weighted by atomic mass is 16.5. The molecule has 3 nitrogen and oxygen atoms in total. The SMILES string of the molecule is Cc1ccccc1OCc1cc2ccccc2oc1=O. The summed E-state index contributed by atoms with van der Waals surface area (Å²) in [6.45, 7) is 2.18. The molecule has 2 aromatic carbocycles. The summed E-state index contributed by atoms with van der Waals surface area (Å²) in [6.07, 6.45) is 0. The molecule has 0 spiro atoms. The third-order valence-corrected chi connectivity index (χ3v) is 3.19. The van der Waals surface area contributed by atoms with Gasteiger partial charge in [0.05, 0.1) is 5.56 Å². The molecular formula is C17H14O3. The number of ether oxygens (including phenoxy) is 1. The molecule has 0 radical (unpaired) electrons. The minimum absolute atomic E-state index is 0.206. The Morgan fingerprint density at radius 3 is 2.65 bits per heavy atom. The lowest BCUT2D eigenvalue weighted by atomic mass is 10.2. The number of rotatable bonds is 3. The fourth-order valence-electron chi connectivity index (χ4n) is 2.08. The maximum Gasteiger partial charge on any atom is 0.342 e. The Morgan fingerprint density at radius 1 is 1.05 bits per heavy atom. The third kappa shape index (κ3) is 2.43. The van der Waals surface area contributed by atoms with Gasteiger partial charge in [-0.15, -0.1) is 0 Å². The van der Waals surface area contributed by atoms with E-state index in [-0.39, 0.29) is 12.2 Å². The molecule has 0 aliphatic carbocycles. The van der Waals surface area contributed by atoms with E-state index in [1.807, 2.05) is 55.5 Å². The van der Waals surface area contributed by atoms with Gasteiger partial charge in [0, 0.05) is 5.39 Å². The Morgan fingerprint density at radius 2 is 1.80 bits per heavy atom. The fraction of sp³-hybridized carbons (Fsp3) is 0.118. The zero-order valence-corrected chi connectivity index (χ0v) is 11.1. The standard InChI is InChI=1S/C17H14O3/c1-12-6-2-4-8-15(12)19-11-14-10-13-7-3-5-9-16(13)20-17(14)18/h2-10H,11H2,1H3. The van der Waals surface area contributed by atoms with Crippen LogP contribution >= 0.6 is 0 Å². The molecular weight excluding hydrogens is 252 g/mol. The molecule has 3 rings (SSSR count). The van der Waals surface area contributed by atoms with Crippen LogP contribution in [0.4, 0.5) is 0 Å². The smallest absolute Gasteiger partial charge is 0.342 e. The van der Waals surface area contributed by atoms with Gasteiger partial charge >= 0.3 is 5.63 Å². The van der Waals surface area contributed by atoms with Crippen LogP contribution in [-0.4, -0.2) is 0 Å². The van der Waals surface area contributed by atoms with Gasteiger partial charge in [-0.2, -0.15) is 0 Å². The van der Waals surface area contributed by atoms with E-state index in [0.717, 1.165) is 16.7 Å². The maximum absolute atomic E-state index is 11.9. The van der Waals surface area contributed by atoms with Gasteiger partial charge in [0.25, 0.3) is 0 Å². The molecule has 0 unspecified atom stereocenters. The summed E-state index contributed by atoms with van der Waals surface area (Å²) in [5.41, 5.74) is 1.80. The normalized spacial score (nSPS) is 10.7. The zero-order chi connectivity index (χ0) is 13.9. The van der Waals surface area contributed by atoms with E-state index in [0.29, 0.717) is 11.1 Å². The van der Waals surface area contributed by atoms with Gasteiger partial charge in [-0.05, 0) is 30.7 Å². The summed E-state index contributed by atoms with van der Waals surface area (Å²) in [5.74, 6) is 0.778. The average Bonchev–Trinajstić information content (AvgIpc) is 2.46. The van der Waals surface area contributed by atoms with E-state index in [4.69, 9.17) is 9.15 Å². The first-order valence-corrected chi connectivity index (χ1v) is 6.44. The molecule has 0 saturated heterocycles. The first-order valence-electron chi connectivity index (χ1n) is 6.44. The molecule has 0 atom stereocenters. The molecule has 3 aromatic rings. The van der Waals surface area contributed by atoms with Crippen LogP contribution in [0.2, 0.25) is 0 Å². The molecule has 0 saturated carbocycles. The summed E-state index contributed by atoms with van der Waals surface area (Å²) in [7, 11) is 0. The molecule has 0 aliphatic rings. The molecule has 100 valence electrons. The van der Waals surface area contributed by atoms with E-state index in [9.17, 15) is 4.79 Å². The molecule has 0 N–H and O–H groups in total. The van der Waals surface area contributed by atoms with Crippen molar-refractivity contribution in [1.29, 1.82) is 0 Å². The topological polar surface area (TPSA) is 39.4 Å². The van der Waals surface area contributed by atoms with Crippen molar-refractivity contribution >= 4 is 11.0 Å². The second-order valence-electron chi connectivity index (χ2n) is 4.65. The first-order chi connectivity index (χ1) is 9.74. The van der Waals surface area contributed by atoms with Crippen molar-refractivity contribution in [1.82, 2.24) is 0 Å². The molecule has 0 amide bonds. The van der Waals surface area contributed by atoms with Gasteiger partial charge < -0.3 is 9.15 Å². The van der Waals surface area contributed by atoms with Gasteiger partial charge in [0.15, 0.2) is 0 Å². The van der Waals surface area contributed by atoms with Crippen LogP contribution in [0.3, 0.4) is 0 Å². The number of hydrogen-bond donors (Lipinski definition) is 0. The summed E-state index contributed by atoms with van der Waals surface area (Å²) in [5, 5.41) is 0.899. The summed E-state index contributed by atoms with van der Waals surface area (Å²) in [4.78, 5) is 11.9. The average molecular weight is 266 g/mol. The maximum atomic E-state index is 11.9. The Kier molecular flexibility index (Phi) is 3.25. The second kappa shape index (κ2) is 5.21. The number of aryl methyl sites for hydroxylation is 1. The highest BCUT2D eigenvalue weighted by Gasteiger charge is 2.06. The van der Waals surface area contributed by atoms with Crippen molar-refractivity contribution < 1.29 is 9.15 Å². The largest absolute Gasteiger partial charge is 0.488 e. The van der Waals surface area contributed by atoms with Gasteiger partial charge in [-0.1, -0.05) is 36.4 Å². The quantitative estimate of drug-likeness (QED) is 0.679.